The number of aliphatic hydroxyl groups excluding tert-OH is 1. The largest absolute Gasteiger partial charge is 0.368 e. The molecular weight excluding hydrogens is 238 g/mol. The summed E-state index contributed by atoms with van der Waals surface area (Å²) in [4.78, 5) is 2.39. The van der Waals surface area contributed by atoms with Crippen LogP contribution in [0.15, 0.2) is 47.6 Å². The average molecular weight is 261 g/mol. The maximum absolute atomic E-state index is 9.15. The predicted molar refractivity (Wildman–Crippen MR) is 77.8 cm³/mol. The van der Waals surface area contributed by atoms with Crippen LogP contribution in [0, 0.1) is 0 Å². The summed E-state index contributed by atoms with van der Waals surface area (Å²) >= 11 is 0. The van der Waals surface area contributed by atoms with Gasteiger partial charge in [-0.2, -0.15) is 0 Å². The van der Waals surface area contributed by atoms with Crippen LogP contribution in [-0.2, 0) is 4.74 Å². The van der Waals surface area contributed by atoms with Crippen molar-refractivity contribution in [3.8, 4) is 0 Å². The molecule has 3 heteroatoms. The second-order valence-corrected chi connectivity index (χ2v) is 5.10. The second-order valence-electron chi connectivity index (χ2n) is 5.10. The van der Waals surface area contributed by atoms with Gasteiger partial charge in [-0.15, -0.1) is 0 Å². The van der Waals surface area contributed by atoms with Gasteiger partial charge in [-0.1, -0.05) is 47.6 Å². The Morgan fingerprint density at radius 3 is 2.16 bits per heavy atom. The van der Waals surface area contributed by atoms with Crippen LogP contribution in [0.25, 0.3) is 0 Å². The van der Waals surface area contributed by atoms with Crippen LogP contribution in [0.3, 0.4) is 0 Å². The normalized spacial score (nSPS) is 19.1. The molecule has 0 aromatic heterocycles. The summed E-state index contributed by atoms with van der Waals surface area (Å²) in [6.45, 7) is 5.02. The van der Waals surface area contributed by atoms with Crippen molar-refractivity contribution in [2.45, 2.75) is 26.1 Å². The molecule has 1 unspecified atom stereocenters. The highest BCUT2D eigenvalue weighted by Gasteiger charge is 2.12. The van der Waals surface area contributed by atoms with E-state index in [0.717, 1.165) is 32.5 Å². The number of nitrogens with zero attached hydrogens (tertiary/aromatic N) is 1. The van der Waals surface area contributed by atoms with E-state index in [1.54, 1.807) is 6.92 Å². The van der Waals surface area contributed by atoms with Gasteiger partial charge in [-0.3, -0.25) is 4.90 Å². The fraction of sp³-hybridized carbons (Fsp3) is 0.500. The Morgan fingerprint density at radius 1 is 1.16 bits per heavy atom. The first-order valence-corrected chi connectivity index (χ1v) is 6.95. The number of hydrogen-bond donors (Lipinski definition) is 1. The van der Waals surface area contributed by atoms with Crippen molar-refractivity contribution in [1.82, 2.24) is 4.90 Å². The van der Waals surface area contributed by atoms with Gasteiger partial charge in [-0.05, 0) is 19.8 Å². The molecule has 2 rings (SSSR count). The van der Waals surface area contributed by atoms with Crippen LogP contribution in [0.4, 0.5) is 0 Å². The van der Waals surface area contributed by atoms with Crippen LogP contribution in [0.1, 0.15) is 19.8 Å². The molecule has 0 saturated heterocycles. The lowest BCUT2D eigenvalue weighted by molar-refractivity contribution is -0.0886. The van der Waals surface area contributed by atoms with Crippen molar-refractivity contribution >= 4 is 0 Å². The fourth-order valence-corrected chi connectivity index (χ4v) is 2.36. The molecule has 0 spiro atoms. The van der Waals surface area contributed by atoms with Crippen molar-refractivity contribution < 1.29 is 9.84 Å². The summed E-state index contributed by atoms with van der Waals surface area (Å²) in [5.74, 6) is 0. The molecule has 104 valence electrons. The van der Waals surface area contributed by atoms with Crippen molar-refractivity contribution in [1.29, 1.82) is 0 Å². The highest BCUT2D eigenvalue weighted by Crippen LogP contribution is 2.16. The van der Waals surface area contributed by atoms with Gasteiger partial charge in [0.05, 0.1) is 6.61 Å². The third-order valence-electron chi connectivity index (χ3n) is 3.32. The molecule has 0 radical (unpaired) electrons. The lowest BCUT2D eigenvalue weighted by Crippen LogP contribution is -2.32. The van der Waals surface area contributed by atoms with E-state index in [-0.39, 0.29) is 0 Å². The standard InChI is InChI=1S/C16H23NO2/c1-14(18)19-11-10-17(12-15-6-2-3-7-15)13-16-8-4-5-9-16/h2-6,8,14,18H,7,9-13H2,1H3. The molecule has 1 atom stereocenters. The Morgan fingerprint density at radius 2 is 1.74 bits per heavy atom. The van der Waals surface area contributed by atoms with E-state index < -0.39 is 6.29 Å². The maximum atomic E-state index is 9.15. The Kier molecular flexibility index (Phi) is 5.58. The topological polar surface area (TPSA) is 32.7 Å². The van der Waals surface area contributed by atoms with Crippen LogP contribution in [0.2, 0.25) is 0 Å². The molecule has 1 N–H and O–H groups in total. The second kappa shape index (κ2) is 7.43. The summed E-state index contributed by atoms with van der Waals surface area (Å²) in [6, 6.07) is 0. The Bertz CT molecular complexity index is 373. The van der Waals surface area contributed by atoms with Crippen molar-refractivity contribution in [3.05, 3.63) is 47.6 Å². The molecule has 2 aliphatic carbocycles. The molecule has 0 saturated carbocycles. The molecule has 0 fully saturated rings. The molecule has 0 amide bonds. The van der Waals surface area contributed by atoms with Gasteiger partial charge in [0.15, 0.2) is 6.29 Å². The summed E-state index contributed by atoms with van der Waals surface area (Å²) in [6.07, 6.45) is 14.5. The minimum Gasteiger partial charge on any atom is -0.368 e. The van der Waals surface area contributed by atoms with Gasteiger partial charge in [0.2, 0.25) is 0 Å². The Hall–Kier alpha value is -1.16. The molecular formula is C16H23NO2. The van der Waals surface area contributed by atoms with Crippen molar-refractivity contribution in [2.75, 3.05) is 26.2 Å². The van der Waals surface area contributed by atoms with Gasteiger partial charge in [0, 0.05) is 19.6 Å². The molecule has 0 aromatic rings. The zero-order valence-corrected chi connectivity index (χ0v) is 11.6. The average Bonchev–Trinajstić information content (AvgIpc) is 3.01. The molecule has 0 aliphatic heterocycles. The highest BCUT2D eigenvalue weighted by molar-refractivity contribution is 5.26. The van der Waals surface area contributed by atoms with E-state index >= 15 is 0 Å². The molecule has 0 bridgehead atoms. The number of rotatable bonds is 8. The lowest BCUT2D eigenvalue weighted by Gasteiger charge is -2.24. The van der Waals surface area contributed by atoms with Gasteiger partial charge in [0.25, 0.3) is 0 Å². The molecule has 3 nitrogen and oxygen atoms in total. The Labute approximate surface area is 115 Å². The van der Waals surface area contributed by atoms with Gasteiger partial charge >= 0.3 is 0 Å². The zero-order valence-electron chi connectivity index (χ0n) is 11.6. The maximum Gasteiger partial charge on any atom is 0.151 e. The third-order valence-corrected chi connectivity index (χ3v) is 3.32. The third kappa shape index (κ3) is 5.15. The van der Waals surface area contributed by atoms with Crippen LogP contribution in [0.5, 0.6) is 0 Å². The van der Waals surface area contributed by atoms with E-state index in [9.17, 15) is 0 Å². The lowest BCUT2D eigenvalue weighted by atomic mass is 10.2. The quantitative estimate of drug-likeness (QED) is 0.681. The molecule has 19 heavy (non-hydrogen) atoms. The van der Waals surface area contributed by atoms with E-state index in [1.807, 2.05) is 0 Å². The monoisotopic (exact) mass is 261 g/mol. The minimum atomic E-state index is -0.679. The first-order valence-electron chi connectivity index (χ1n) is 6.95. The van der Waals surface area contributed by atoms with Gasteiger partial charge in [-0.25, -0.2) is 0 Å². The first kappa shape index (κ1) is 14.3. The zero-order chi connectivity index (χ0) is 13.5. The van der Waals surface area contributed by atoms with E-state index in [1.165, 1.54) is 11.1 Å². The van der Waals surface area contributed by atoms with Crippen LogP contribution >= 0.6 is 0 Å². The van der Waals surface area contributed by atoms with E-state index in [0.29, 0.717) is 6.61 Å². The highest BCUT2D eigenvalue weighted by atomic mass is 16.6. The summed E-state index contributed by atoms with van der Waals surface area (Å²) in [5, 5.41) is 9.15. The summed E-state index contributed by atoms with van der Waals surface area (Å²) < 4.78 is 5.24. The number of aliphatic hydroxyl groups is 1. The van der Waals surface area contributed by atoms with Gasteiger partial charge < -0.3 is 9.84 Å². The first-order chi connectivity index (χ1) is 9.24. The molecule has 2 aliphatic rings. The number of allylic oxidation sites excluding steroid dienone is 6. The summed E-state index contributed by atoms with van der Waals surface area (Å²) in [5.41, 5.74) is 2.90. The number of hydrogen-bond acceptors (Lipinski definition) is 3. The van der Waals surface area contributed by atoms with E-state index in [2.05, 4.69) is 41.4 Å². The van der Waals surface area contributed by atoms with Crippen molar-refractivity contribution in [2.24, 2.45) is 0 Å². The van der Waals surface area contributed by atoms with Crippen LogP contribution in [-0.4, -0.2) is 42.5 Å². The SMILES string of the molecule is CC(O)OCCN(CC1=CC=CC1)CC1=CC=CC1. The predicted octanol–water partition coefficient (Wildman–Crippen LogP) is 2.42. The van der Waals surface area contributed by atoms with Crippen LogP contribution < -0.4 is 0 Å². The number of ether oxygens (including phenoxy) is 1. The van der Waals surface area contributed by atoms with E-state index in [4.69, 9.17) is 9.84 Å². The summed E-state index contributed by atoms with van der Waals surface area (Å²) in [7, 11) is 0. The van der Waals surface area contributed by atoms with Gasteiger partial charge in [0.1, 0.15) is 0 Å². The minimum absolute atomic E-state index is 0.569. The fourth-order valence-electron chi connectivity index (χ4n) is 2.36. The Balaban J connectivity index is 1.80. The molecule has 0 aromatic carbocycles. The smallest absolute Gasteiger partial charge is 0.151 e. The van der Waals surface area contributed by atoms with Crippen molar-refractivity contribution in [3.63, 3.8) is 0 Å². The molecule has 0 heterocycles.